The fourth-order valence-corrected chi connectivity index (χ4v) is 1.73. The molecule has 1 aromatic rings. The van der Waals surface area contributed by atoms with Gasteiger partial charge in [0.15, 0.2) is 0 Å². The van der Waals surface area contributed by atoms with Crippen molar-refractivity contribution in [3.05, 3.63) is 28.5 Å². The normalized spacial score (nSPS) is 10.8. The van der Waals surface area contributed by atoms with Gasteiger partial charge < -0.3 is 9.84 Å². The number of ether oxygens (including phenoxy) is 1. The van der Waals surface area contributed by atoms with Crippen molar-refractivity contribution in [3.8, 4) is 0 Å². The molecule has 0 aliphatic carbocycles. The lowest BCUT2D eigenvalue weighted by atomic mass is 10.3. The van der Waals surface area contributed by atoms with Crippen LogP contribution in [0, 0.1) is 0 Å². The third-order valence-corrected chi connectivity index (χ3v) is 2.66. The molecule has 0 saturated carbocycles. The number of carbonyl (C=O) groups excluding carboxylic acids is 1. The summed E-state index contributed by atoms with van der Waals surface area (Å²) < 4.78 is 4.39. The van der Waals surface area contributed by atoms with Crippen LogP contribution in [0.4, 0.5) is 4.79 Å². The molecule has 1 amide bonds. The molecule has 0 aliphatic heterocycles. The third-order valence-electron chi connectivity index (χ3n) is 1.75. The summed E-state index contributed by atoms with van der Waals surface area (Å²) >= 11 is 1.43. The average molecular weight is 256 g/mol. The summed E-state index contributed by atoms with van der Waals surface area (Å²) in [4.78, 5) is 22.2. The lowest BCUT2D eigenvalue weighted by Gasteiger charge is -2.09. The van der Waals surface area contributed by atoms with E-state index in [1.807, 2.05) is 17.5 Å². The van der Waals surface area contributed by atoms with Gasteiger partial charge in [-0.2, -0.15) is 0 Å². The third kappa shape index (κ3) is 4.56. The first kappa shape index (κ1) is 13.0. The molecule has 7 heteroatoms. The van der Waals surface area contributed by atoms with Crippen molar-refractivity contribution in [2.45, 2.75) is 6.42 Å². The van der Waals surface area contributed by atoms with Crippen LogP contribution in [0.2, 0.25) is 0 Å². The average Bonchev–Trinajstić information content (AvgIpc) is 2.81. The van der Waals surface area contributed by atoms with Gasteiger partial charge in [-0.3, -0.25) is 10.2 Å². The first-order chi connectivity index (χ1) is 8.13. The standard InChI is InChI=1S/C10H12N2O4S/c1-16-10(15)12-11-7(4-5-9(13)14)8-3-2-6-17-8/h2-4,6,11H,5H2,1H3,(H,12,15)(H,13,14)/b7-4+. The molecule has 0 radical (unpaired) electrons. The Labute approximate surface area is 102 Å². The number of hydrogen-bond donors (Lipinski definition) is 3. The molecule has 17 heavy (non-hydrogen) atoms. The number of nitrogens with one attached hydrogen (secondary N) is 2. The molecule has 1 rings (SSSR count). The zero-order valence-electron chi connectivity index (χ0n) is 9.10. The van der Waals surface area contributed by atoms with Crippen molar-refractivity contribution in [2.75, 3.05) is 7.11 Å². The van der Waals surface area contributed by atoms with E-state index in [9.17, 15) is 9.59 Å². The molecule has 0 saturated heterocycles. The van der Waals surface area contributed by atoms with Crippen LogP contribution in [0.3, 0.4) is 0 Å². The summed E-state index contributed by atoms with van der Waals surface area (Å²) in [5.74, 6) is -0.945. The number of methoxy groups -OCH3 is 1. The molecule has 92 valence electrons. The van der Waals surface area contributed by atoms with Crippen molar-refractivity contribution in [2.24, 2.45) is 0 Å². The smallest absolute Gasteiger partial charge is 0.425 e. The molecular formula is C10H12N2O4S. The predicted molar refractivity (Wildman–Crippen MR) is 63.2 cm³/mol. The molecule has 1 heterocycles. The maximum absolute atomic E-state index is 10.9. The van der Waals surface area contributed by atoms with E-state index in [1.165, 1.54) is 24.5 Å². The molecule has 3 N–H and O–H groups in total. The van der Waals surface area contributed by atoms with E-state index in [-0.39, 0.29) is 6.42 Å². The Balaban J connectivity index is 2.70. The number of amides is 1. The van der Waals surface area contributed by atoms with Gasteiger partial charge in [-0.25, -0.2) is 10.2 Å². The highest BCUT2D eigenvalue weighted by atomic mass is 32.1. The second-order valence-electron chi connectivity index (χ2n) is 2.93. The fourth-order valence-electron chi connectivity index (χ4n) is 1.00. The fraction of sp³-hybridized carbons (Fsp3) is 0.200. The van der Waals surface area contributed by atoms with E-state index in [0.29, 0.717) is 5.70 Å². The molecule has 0 bridgehead atoms. The molecule has 1 aromatic heterocycles. The predicted octanol–water partition coefficient (Wildman–Crippen LogP) is 1.42. The van der Waals surface area contributed by atoms with Gasteiger partial charge in [0, 0.05) is 0 Å². The van der Waals surface area contributed by atoms with Gasteiger partial charge in [-0.1, -0.05) is 6.07 Å². The van der Waals surface area contributed by atoms with Crippen LogP contribution >= 0.6 is 11.3 Å². The Kier molecular flexibility index (Phi) is 5.02. The number of carboxylic acid groups (broad SMARTS) is 1. The molecular weight excluding hydrogens is 244 g/mol. The minimum absolute atomic E-state index is 0.136. The number of carbonyl (C=O) groups is 2. The monoisotopic (exact) mass is 256 g/mol. The van der Waals surface area contributed by atoms with E-state index < -0.39 is 12.1 Å². The maximum atomic E-state index is 10.9. The summed E-state index contributed by atoms with van der Waals surface area (Å²) in [6, 6.07) is 3.64. The van der Waals surface area contributed by atoms with Crippen LogP contribution < -0.4 is 10.9 Å². The van der Waals surface area contributed by atoms with Crippen LogP contribution in [0.15, 0.2) is 23.6 Å². The SMILES string of the molecule is COC(=O)NN/C(=C/CC(=O)O)c1cccs1. The molecule has 0 spiro atoms. The highest BCUT2D eigenvalue weighted by Crippen LogP contribution is 2.17. The van der Waals surface area contributed by atoms with Crippen LogP contribution in [-0.2, 0) is 9.53 Å². The van der Waals surface area contributed by atoms with E-state index >= 15 is 0 Å². The van der Waals surface area contributed by atoms with Crippen molar-refractivity contribution in [1.82, 2.24) is 10.9 Å². The molecule has 0 aromatic carbocycles. The second kappa shape index (κ2) is 6.54. The molecule has 0 fully saturated rings. The molecule has 0 aliphatic rings. The lowest BCUT2D eigenvalue weighted by Crippen LogP contribution is -2.35. The quantitative estimate of drug-likeness (QED) is 0.693. The van der Waals surface area contributed by atoms with Crippen LogP contribution in [-0.4, -0.2) is 24.3 Å². The zero-order chi connectivity index (χ0) is 12.7. The van der Waals surface area contributed by atoms with E-state index in [4.69, 9.17) is 5.11 Å². The van der Waals surface area contributed by atoms with Crippen LogP contribution in [0.25, 0.3) is 5.70 Å². The van der Waals surface area contributed by atoms with Gasteiger partial charge in [0.25, 0.3) is 0 Å². The Morgan fingerprint density at radius 1 is 1.53 bits per heavy atom. The minimum atomic E-state index is -0.945. The molecule has 6 nitrogen and oxygen atoms in total. The first-order valence-corrected chi connectivity index (χ1v) is 5.57. The number of aliphatic carboxylic acids is 1. The summed E-state index contributed by atoms with van der Waals surface area (Å²) in [5.41, 5.74) is 5.41. The van der Waals surface area contributed by atoms with Gasteiger partial charge in [0.1, 0.15) is 0 Å². The highest BCUT2D eigenvalue weighted by molar-refractivity contribution is 7.11. The largest absolute Gasteiger partial charge is 0.481 e. The topological polar surface area (TPSA) is 87.7 Å². The zero-order valence-corrected chi connectivity index (χ0v) is 9.91. The van der Waals surface area contributed by atoms with Crippen LogP contribution in [0.1, 0.15) is 11.3 Å². The Morgan fingerprint density at radius 2 is 2.29 bits per heavy atom. The van der Waals surface area contributed by atoms with E-state index in [1.54, 1.807) is 0 Å². The van der Waals surface area contributed by atoms with Crippen molar-refractivity contribution >= 4 is 29.1 Å². The number of hydrazine groups is 1. The lowest BCUT2D eigenvalue weighted by molar-refractivity contribution is -0.135. The number of rotatable bonds is 5. The van der Waals surface area contributed by atoms with Gasteiger partial charge in [-0.05, 0) is 17.5 Å². The van der Waals surface area contributed by atoms with Gasteiger partial charge in [0.05, 0.1) is 24.1 Å². The molecule has 0 unspecified atom stereocenters. The van der Waals surface area contributed by atoms with Crippen molar-refractivity contribution in [3.63, 3.8) is 0 Å². The number of thiophene rings is 1. The number of carboxylic acids is 1. The van der Waals surface area contributed by atoms with Gasteiger partial charge >= 0.3 is 12.1 Å². The maximum Gasteiger partial charge on any atom is 0.425 e. The Bertz CT molecular complexity index is 414. The minimum Gasteiger partial charge on any atom is -0.481 e. The second-order valence-corrected chi connectivity index (χ2v) is 3.88. The van der Waals surface area contributed by atoms with Gasteiger partial charge in [-0.15, -0.1) is 11.3 Å². The highest BCUT2D eigenvalue weighted by Gasteiger charge is 2.05. The summed E-state index contributed by atoms with van der Waals surface area (Å²) in [5, 5.41) is 10.5. The van der Waals surface area contributed by atoms with E-state index in [0.717, 1.165) is 4.88 Å². The Morgan fingerprint density at radius 3 is 2.82 bits per heavy atom. The summed E-state index contributed by atoms with van der Waals surface area (Å²) in [6.45, 7) is 0. The summed E-state index contributed by atoms with van der Waals surface area (Å²) in [6.07, 6.45) is 0.690. The summed E-state index contributed by atoms with van der Waals surface area (Å²) in [7, 11) is 1.24. The van der Waals surface area contributed by atoms with E-state index in [2.05, 4.69) is 15.6 Å². The van der Waals surface area contributed by atoms with Gasteiger partial charge in [0.2, 0.25) is 0 Å². The first-order valence-electron chi connectivity index (χ1n) is 4.69. The van der Waals surface area contributed by atoms with Crippen LogP contribution in [0.5, 0.6) is 0 Å². The van der Waals surface area contributed by atoms with Crippen molar-refractivity contribution in [1.29, 1.82) is 0 Å². The number of hydrogen-bond acceptors (Lipinski definition) is 5. The van der Waals surface area contributed by atoms with Crippen molar-refractivity contribution < 1.29 is 19.4 Å². The Hall–Kier alpha value is -2.02. The molecule has 0 atom stereocenters.